The number of aromatic nitrogens is 3. The maximum absolute atomic E-state index is 6.52. The van der Waals surface area contributed by atoms with Crippen molar-refractivity contribution in [1.82, 2.24) is 14.5 Å². The van der Waals surface area contributed by atoms with E-state index in [4.69, 9.17) is 38.4 Å². The average Bonchev–Trinajstić information content (AvgIpc) is 3.05. The summed E-state index contributed by atoms with van der Waals surface area (Å²) in [6, 6.07) is 5.41. The van der Waals surface area contributed by atoms with Crippen LogP contribution in [0.2, 0.25) is 10.0 Å². The number of pyridine rings is 2. The van der Waals surface area contributed by atoms with E-state index in [0.29, 0.717) is 44.3 Å². The van der Waals surface area contributed by atoms with Crippen molar-refractivity contribution in [2.45, 2.75) is 0 Å². The first-order valence-corrected chi connectivity index (χ1v) is 9.71. The second-order valence-corrected chi connectivity index (χ2v) is 7.44. The molecule has 0 saturated carbocycles. The maximum Gasteiger partial charge on any atom is 0.141 e. The molecule has 0 atom stereocenters. The number of nitrogen functional groups attached to an aromatic ring is 1. The minimum Gasteiger partial charge on any atom is -0.495 e. The molecule has 0 radical (unpaired) electrons. The number of methoxy groups -OCH3 is 2. The van der Waals surface area contributed by atoms with E-state index in [-0.39, 0.29) is 0 Å². The number of nitrogens with two attached hydrogens (primary N) is 1. The number of ether oxygens (including phenoxy) is 2. The van der Waals surface area contributed by atoms with Gasteiger partial charge in [0, 0.05) is 54.2 Å². The summed E-state index contributed by atoms with van der Waals surface area (Å²) in [5, 5.41) is 5.72. The van der Waals surface area contributed by atoms with Gasteiger partial charge in [0.15, 0.2) is 0 Å². The number of halogens is 2. The van der Waals surface area contributed by atoms with Crippen LogP contribution in [0, 0.1) is 0 Å². The number of fused-ring (bicyclic) bond motifs is 1. The van der Waals surface area contributed by atoms with Gasteiger partial charge in [-0.2, -0.15) is 0 Å². The van der Waals surface area contributed by atoms with Crippen LogP contribution in [0.1, 0.15) is 0 Å². The van der Waals surface area contributed by atoms with Crippen LogP contribution in [-0.4, -0.2) is 28.8 Å². The number of hydrogen-bond acceptors (Lipinski definition) is 6. The molecule has 154 valence electrons. The molecule has 0 unspecified atom stereocenters. The second kappa shape index (κ2) is 7.93. The van der Waals surface area contributed by atoms with Crippen molar-refractivity contribution in [2.24, 2.45) is 7.05 Å². The summed E-state index contributed by atoms with van der Waals surface area (Å²) >= 11 is 13.0. The van der Waals surface area contributed by atoms with E-state index in [0.717, 1.165) is 16.5 Å². The van der Waals surface area contributed by atoms with Crippen molar-refractivity contribution in [3.8, 4) is 22.8 Å². The van der Waals surface area contributed by atoms with Gasteiger partial charge in [-0.3, -0.25) is 4.98 Å². The Morgan fingerprint density at radius 3 is 2.17 bits per heavy atom. The molecular weight excluding hydrogens is 425 g/mol. The lowest BCUT2D eigenvalue weighted by Crippen LogP contribution is -1.96. The van der Waals surface area contributed by atoms with Crippen LogP contribution in [-0.2, 0) is 7.05 Å². The molecule has 3 N–H and O–H groups in total. The number of anilines is 3. The van der Waals surface area contributed by atoms with Crippen molar-refractivity contribution >= 4 is 51.2 Å². The number of rotatable bonds is 5. The Kier molecular flexibility index (Phi) is 5.32. The molecule has 0 aliphatic heterocycles. The van der Waals surface area contributed by atoms with Crippen LogP contribution in [0.25, 0.3) is 22.0 Å². The monoisotopic (exact) mass is 443 g/mol. The van der Waals surface area contributed by atoms with Gasteiger partial charge in [0.2, 0.25) is 0 Å². The van der Waals surface area contributed by atoms with E-state index in [1.807, 2.05) is 36.1 Å². The summed E-state index contributed by atoms with van der Waals surface area (Å²) in [7, 11) is 4.97. The third-order valence-corrected chi connectivity index (χ3v) is 5.43. The van der Waals surface area contributed by atoms with Crippen molar-refractivity contribution in [2.75, 3.05) is 25.3 Å². The van der Waals surface area contributed by atoms with Crippen molar-refractivity contribution < 1.29 is 9.47 Å². The fourth-order valence-electron chi connectivity index (χ4n) is 3.20. The average molecular weight is 444 g/mol. The SMILES string of the molecule is COc1cc(OC)c(Cl)c(-c2cc3cnc(Nc4cn(C)cc4N)cc3cn2)c1Cl. The van der Waals surface area contributed by atoms with Gasteiger partial charge in [-0.15, -0.1) is 0 Å². The zero-order valence-electron chi connectivity index (χ0n) is 16.5. The minimum absolute atomic E-state index is 0.362. The molecule has 30 heavy (non-hydrogen) atoms. The quantitative estimate of drug-likeness (QED) is 0.435. The largest absolute Gasteiger partial charge is 0.495 e. The third-order valence-electron chi connectivity index (χ3n) is 4.68. The molecule has 0 fully saturated rings. The van der Waals surface area contributed by atoms with Gasteiger partial charge in [-0.05, 0) is 12.1 Å². The number of benzene rings is 1. The van der Waals surface area contributed by atoms with Gasteiger partial charge in [0.25, 0.3) is 0 Å². The zero-order chi connectivity index (χ0) is 21.4. The van der Waals surface area contributed by atoms with Crippen LogP contribution in [0.4, 0.5) is 17.2 Å². The van der Waals surface area contributed by atoms with E-state index in [2.05, 4.69) is 15.3 Å². The highest BCUT2D eigenvalue weighted by atomic mass is 35.5. The van der Waals surface area contributed by atoms with Gasteiger partial charge in [0.05, 0.1) is 41.3 Å². The molecule has 4 aromatic rings. The lowest BCUT2D eigenvalue weighted by Gasteiger charge is -2.14. The Bertz CT molecular complexity index is 1230. The van der Waals surface area contributed by atoms with Crippen molar-refractivity contribution in [1.29, 1.82) is 0 Å². The minimum atomic E-state index is 0.362. The summed E-state index contributed by atoms with van der Waals surface area (Å²) in [6.07, 6.45) is 7.21. The third kappa shape index (κ3) is 3.58. The molecule has 3 aromatic heterocycles. The fraction of sp³-hybridized carbons (Fsp3) is 0.143. The summed E-state index contributed by atoms with van der Waals surface area (Å²) in [4.78, 5) is 9.04. The Balaban J connectivity index is 1.76. The summed E-state index contributed by atoms with van der Waals surface area (Å²) in [6.45, 7) is 0. The van der Waals surface area contributed by atoms with Crippen molar-refractivity contribution in [3.05, 3.63) is 53.0 Å². The highest BCUT2D eigenvalue weighted by molar-refractivity contribution is 6.41. The van der Waals surface area contributed by atoms with E-state index in [9.17, 15) is 0 Å². The summed E-state index contributed by atoms with van der Waals surface area (Å²) in [5.41, 5.74) is 8.55. The first-order chi connectivity index (χ1) is 14.4. The molecule has 0 bridgehead atoms. The van der Waals surface area contributed by atoms with E-state index in [1.165, 1.54) is 14.2 Å². The topological polar surface area (TPSA) is 87.2 Å². The second-order valence-electron chi connectivity index (χ2n) is 6.69. The predicted octanol–water partition coefficient (Wildman–Crippen LogP) is 5.29. The van der Waals surface area contributed by atoms with Gasteiger partial charge >= 0.3 is 0 Å². The molecule has 7 nitrogen and oxygen atoms in total. The maximum atomic E-state index is 6.52. The smallest absolute Gasteiger partial charge is 0.141 e. The van der Waals surface area contributed by atoms with Gasteiger partial charge < -0.3 is 25.1 Å². The molecule has 0 spiro atoms. The summed E-state index contributed by atoms with van der Waals surface area (Å²) < 4.78 is 12.6. The Morgan fingerprint density at radius 1 is 0.933 bits per heavy atom. The van der Waals surface area contributed by atoms with Crippen molar-refractivity contribution in [3.63, 3.8) is 0 Å². The van der Waals surface area contributed by atoms with Crippen LogP contribution in [0.5, 0.6) is 11.5 Å². The lowest BCUT2D eigenvalue weighted by atomic mass is 10.1. The lowest BCUT2D eigenvalue weighted by molar-refractivity contribution is 0.395. The molecule has 0 amide bonds. The van der Waals surface area contributed by atoms with Crippen LogP contribution in [0.3, 0.4) is 0 Å². The van der Waals surface area contributed by atoms with Gasteiger partial charge in [-0.25, -0.2) is 4.98 Å². The number of aryl methyl sites for hydroxylation is 1. The van der Waals surface area contributed by atoms with Gasteiger partial charge in [-0.1, -0.05) is 23.2 Å². The fourth-order valence-corrected chi connectivity index (χ4v) is 3.89. The molecule has 1 aromatic carbocycles. The first-order valence-electron chi connectivity index (χ1n) is 8.96. The molecule has 0 aliphatic carbocycles. The van der Waals surface area contributed by atoms with E-state index in [1.54, 1.807) is 18.5 Å². The highest BCUT2D eigenvalue weighted by Crippen LogP contribution is 2.45. The molecular formula is C21H19Cl2N5O2. The first kappa shape index (κ1) is 20.1. The number of hydrogen-bond donors (Lipinski definition) is 2. The standard InChI is InChI=1S/C21H19Cl2N5O2/c1-28-9-13(24)15(10-28)27-18-5-12-7-25-14(4-11(12)8-26-18)19-20(22)16(29-2)6-17(30-3)21(19)23/h4-10H,24H2,1-3H3,(H,26,27). The Morgan fingerprint density at radius 2 is 1.57 bits per heavy atom. The molecule has 4 rings (SSSR count). The number of nitrogens with zero attached hydrogens (tertiary/aromatic N) is 3. The summed E-state index contributed by atoms with van der Waals surface area (Å²) in [5.74, 6) is 1.56. The van der Waals surface area contributed by atoms with Gasteiger partial charge in [0.1, 0.15) is 17.3 Å². The van der Waals surface area contributed by atoms with E-state index < -0.39 is 0 Å². The molecule has 0 aliphatic rings. The highest BCUT2D eigenvalue weighted by Gasteiger charge is 2.20. The van der Waals surface area contributed by atoms with E-state index >= 15 is 0 Å². The Hall–Kier alpha value is -3.16. The van der Waals surface area contributed by atoms with Crippen LogP contribution in [0.15, 0.2) is 43.0 Å². The van der Waals surface area contributed by atoms with Crippen LogP contribution < -0.4 is 20.5 Å². The predicted molar refractivity (Wildman–Crippen MR) is 121 cm³/mol. The molecule has 3 heterocycles. The Labute approximate surface area is 183 Å². The normalized spacial score (nSPS) is 11.0. The molecule has 0 saturated heterocycles. The number of nitrogens with one attached hydrogen (secondary N) is 1. The zero-order valence-corrected chi connectivity index (χ0v) is 18.0. The van der Waals surface area contributed by atoms with Crippen LogP contribution >= 0.6 is 23.2 Å². The molecule has 9 heteroatoms.